The van der Waals surface area contributed by atoms with Gasteiger partial charge in [0.25, 0.3) is 0 Å². The number of pyridine rings is 1. The van der Waals surface area contributed by atoms with Crippen LogP contribution in [0.15, 0.2) is 24.4 Å². The number of aromatic nitrogens is 6. The quantitative estimate of drug-likeness (QED) is 0.722. The molecule has 3 aromatic heterocycles. The molecule has 1 aliphatic heterocycles. The monoisotopic (exact) mass is 348 g/mol. The van der Waals surface area contributed by atoms with E-state index in [9.17, 15) is 0 Å². The maximum atomic E-state index is 5.03. The molecule has 0 unspecified atom stereocenters. The van der Waals surface area contributed by atoms with Crippen molar-refractivity contribution < 1.29 is 0 Å². The van der Waals surface area contributed by atoms with Crippen molar-refractivity contribution in [1.29, 1.82) is 0 Å². The van der Waals surface area contributed by atoms with Crippen LogP contribution in [0.25, 0.3) is 23.0 Å². The number of hydrogen-bond donors (Lipinski definition) is 0. The first-order chi connectivity index (χ1) is 12.9. The van der Waals surface area contributed by atoms with Gasteiger partial charge in [-0.3, -0.25) is 9.67 Å². The fourth-order valence-electron chi connectivity index (χ4n) is 4.49. The van der Waals surface area contributed by atoms with Crippen LogP contribution in [-0.2, 0) is 19.4 Å². The number of nitrogens with zero attached hydrogens (tertiary/aromatic N) is 6. The maximum Gasteiger partial charge on any atom is 0.182 e. The van der Waals surface area contributed by atoms with Crippen molar-refractivity contribution in [2.45, 2.75) is 64.5 Å². The van der Waals surface area contributed by atoms with Crippen LogP contribution in [0.1, 0.15) is 56.3 Å². The lowest BCUT2D eigenvalue weighted by molar-refractivity contribution is 0.330. The summed E-state index contributed by atoms with van der Waals surface area (Å²) >= 11 is 0. The average molecular weight is 348 g/mol. The molecule has 6 heteroatoms. The van der Waals surface area contributed by atoms with Crippen LogP contribution >= 0.6 is 0 Å². The molecule has 3 aromatic rings. The Morgan fingerprint density at radius 1 is 1.08 bits per heavy atom. The van der Waals surface area contributed by atoms with Gasteiger partial charge in [0.1, 0.15) is 11.4 Å². The lowest BCUT2D eigenvalue weighted by Gasteiger charge is -2.25. The first-order valence-corrected chi connectivity index (χ1v) is 9.82. The molecular weight excluding hydrogens is 324 g/mol. The van der Waals surface area contributed by atoms with Crippen LogP contribution in [0.4, 0.5) is 0 Å². The summed E-state index contributed by atoms with van der Waals surface area (Å²) in [6.45, 7) is 3.09. The molecule has 0 aromatic carbocycles. The van der Waals surface area contributed by atoms with Crippen molar-refractivity contribution >= 4 is 0 Å². The zero-order valence-corrected chi connectivity index (χ0v) is 15.2. The van der Waals surface area contributed by atoms with E-state index in [0.29, 0.717) is 6.04 Å². The van der Waals surface area contributed by atoms with E-state index in [1.165, 1.54) is 49.1 Å². The first kappa shape index (κ1) is 15.7. The molecule has 1 fully saturated rings. The van der Waals surface area contributed by atoms with E-state index in [4.69, 9.17) is 5.10 Å². The predicted molar refractivity (Wildman–Crippen MR) is 99.7 cm³/mol. The van der Waals surface area contributed by atoms with Gasteiger partial charge in [0.05, 0.1) is 11.7 Å². The lowest BCUT2D eigenvalue weighted by Crippen LogP contribution is -2.19. The van der Waals surface area contributed by atoms with Crippen molar-refractivity contribution in [1.82, 2.24) is 29.5 Å². The minimum absolute atomic E-state index is 0.499. The van der Waals surface area contributed by atoms with Crippen LogP contribution in [0, 0.1) is 0 Å². The van der Waals surface area contributed by atoms with E-state index in [1.54, 1.807) is 0 Å². The summed E-state index contributed by atoms with van der Waals surface area (Å²) in [6.07, 6.45) is 10.2. The maximum absolute atomic E-state index is 5.03. The second-order valence-corrected chi connectivity index (χ2v) is 7.33. The summed E-state index contributed by atoms with van der Waals surface area (Å²) in [5, 5.41) is 14.1. The molecule has 1 saturated carbocycles. The Balaban J connectivity index is 1.65. The molecular formula is C20H24N6. The van der Waals surface area contributed by atoms with Gasteiger partial charge in [0, 0.05) is 18.3 Å². The smallest absolute Gasteiger partial charge is 0.182 e. The summed E-state index contributed by atoms with van der Waals surface area (Å²) < 4.78 is 4.51. The third kappa shape index (κ3) is 2.39. The highest BCUT2D eigenvalue weighted by Crippen LogP contribution is 2.38. The zero-order chi connectivity index (χ0) is 17.5. The molecule has 0 bridgehead atoms. The van der Waals surface area contributed by atoms with Crippen molar-refractivity contribution in [3.63, 3.8) is 0 Å². The van der Waals surface area contributed by atoms with Gasteiger partial charge in [-0.1, -0.05) is 32.3 Å². The molecule has 4 heterocycles. The summed E-state index contributed by atoms with van der Waals surface area (Å²) in [5.41, 5.74) is 4.70. The third-order valence-corrected chi connectivity index (χ3v) is 5.79. The fourth-order valence-corrected chi connectivity index (χ4v) is 4.49. The van der Waals surface area contributed by atoms with E-state index in [1.807, 2.05) is 24.4 Å². The van der Waals surface area contributed by atoms with Crippen molar-refractivity contribution in [2.75, 3.05) is 0 Å². The lowest BCUT2D eigenvalue weighted by atomic mass is 9.95. The molecule has 134 valence electrons. The molecule has 5 rings (SSSR count). The number of fused-ring (bicyclic) bond motifs is 3. The van der Waals surface area contributed by atoms with E-state index >= 15 is 0 Å². The molecule has 0 radical (unpaired) electrons. The highest BCUT2D eigenvalue weighted by atomic mass is 15.4. The van der Waals surface area contributed by atoms with Crippen LogP contribution in [-0.4, -0.2) is 29.5 Å². The van der Waals surface area contributed by atoms with Crippen LogP contribution in [0.5, 0.6) is 0 Å². The van der Waals surface area contributed by atoms with Gasteiger partial charge in [0.2, 0.25) is 0 Å². The predicted octanol–water partition coefficient (Wildman–Crippen LogP) is 3.83. The fraction of sp³-hybridized carbons (Fsp3) is 0.500. The zero-order valence-electron chi connectivity index (χ0n) is 15.2. The van der Waals surface area contributed by atoms with Gasteiger partial charge in [-0.25, -0.2) is 0 Å². The third-order valence-electron chi connectivity index (χ3n) is 5.79. The summed E-state index contributed by atoms with van der Waals surface area (Å²) in [5.74, 6) is 1.82. The molecule has 0 atom stereocenters. The van der Waals surface area contributed by atoms with Gasteiger partial charge < -0.3 is 4.57 Å². The molecule has 0 spiro atoms. The van der Waals surface area contributed by atoms with E-state index in [0.717, 1.165) is 36.7 Å². The Labute approximate surface area is 153 Å². The second-order valence-electron chi connectivity index (χ2n) is 7.33. The largest absolute Gasteiger partial charge is 0.304 e. The number of hydrogen-bond acceptors (Lipinski definition) is 4. The molecule has 0 saturated heterocycles. The highest BCUT2D eigenvalue weighted by molar-refractivity contribution is 5.64. The van der Waals surface area contributed by atoms with E-state index < -0.39 is 0 Å². The minimum atomic E-state index is 0.499. The molecule has 2 aliphatic rings. The van der Waals surface area contributed by atoms with Crippen LogP contribution in [0.3, 0.4) is 0 Å². The topological polar surface area (TPSA) is 61.4 Å². The van der Waals surface area contributed by atoms with Crippen molar-refractivity contribution in [3.8, 4) is 23.0 Å². The molecule has 0 amide bonds. The van der Waals surface area contributed by atoms with Gasteiger partial charge in [-0.05, 0) is 37.8 Å². The Hall–Kier alpha value is -2.50. The Morgan fingerprint density at radius 3 is 2.69 bits per heavy atom. The molecule has 6 nitrogen and oxygen atoms in total. The molecule has 0 N–H and O–H groups in total. The van der Waals surface area contributed by atoms with Gasteiger partial charge in [-0.2, -0.15) is 5.10 Å². The van der Waals surface area contributed by atoms with Gasteiger partial charge in [0.15, 0.2) is 11.6 Å². The van der Waals surface area contributed by atoms with Crippen LogP contribution in [0.2, 0.25) is 0 Å². The minimum Gasteiger partial charge on any atom is -0.304 e. The average Bonchev–Trinajstić information content (AvgIpc) is 3.30. The van der Waals surface area contributed by atoms with Crippen LogP contribution < -0.4 is 0 Å². The summed E-state index contributed by atoms with van der Waals surface area (Å²) in [7, 11) is 0. The Bertz CT molecular complexity index is 917. The van der Waals surface area contributed by atoms with Gasteiger partial charge >= 0.3 is 0 Å². The van der Waals surface area contributed by atoms with E-state index in [2.05, 4.69) is 31.4 Å². The number of aryl methyl sites for hydroxylation is 1. The number of rotatable bonds is 3. The van der Waals surface area contributed by atoms with Crippen molar-refractivity contribution in [3.05, 3.63) is 35.7 Å². The second kappa shape index (κ2) is 6.34. The Kier molecular flexibility index (Phi) is 3.84. The SMILES string of the molecule is CCc1nn(C2CCCCC2)c2c1CCn1c(-c3ccccn3)nnc1-2. The molecule has 1 aliphatic carbocycles. The van der Waals surface area contributed by atoms with Crippen molar-refractivity contribution in [2.24, 2.45) is 0 Å². The van der Waals surface area contributed by atoms with Gasteiger partial charge in [-0.15, -0.1) is 10.2 Å². The first-order valence-electron chi connectivity index (χ1n) is 9.82. The van der Waals surface area contributed by atoms with E-state index in [-0.39, 0.29) is 0 Å². The normalized spacial score (nSPS) is 17.1. The molecule has 26 heavy (non-hydrogen) atoms. The Morgan fingerprint density at radius 2 is 1.92 bits per heavy atom. The summed E-state index contributed by atoms with van der Waals surface area (Å²) in [4.78, 5) is 4.47. The highest BCUT2D eigenvalue weighted by Gasteiger charge is 2.31. The standard InChI is InChI=1S/C20H24N6/c1-2-16-15-11-13-25-19(17-10-6-7-12-21-17)22-23-20(25)18(15)26(24-16)14-8-4-3-5-9-14/h6-7,10,12,14H,2-5,8-9,11,13H2,1H3. The summed E-state index contributed by atoms with van der Waals surface area (Å²) in [6, 6.07) is 6.43.